The fourth-order valence-corrected chi connectivity index (χ4v) is 1.86. The number of amides is 2. The van der Waals surface area contributed by atoms with Crippen LogP contribution in [0.2, 0.25) is 0 Å². The molecule has 1 aromatic carbocycles. The van der Waals surface area contributed by atoms with E-state index in [0.717, 1.165) is 24.3 Å². The van der Waals surface area contributed by atoms with Gasteiger partial charge in [-0.15, -0.1) is 0 Å². The summed E-state index contributed by atoms with van der Waals surface area (Å²) in [5.41, 5.74) is 7.82. The van der Waals surface area contributed by atoms with Crippen LogP contribution in [-0.2, 0) is 0 Å². The van der Waals surface area contributed by atoms with Gasteiger partial charge < -0.3 is 10.6 Å². The minimum absolute atomic E-state index is 0.00427. The van der Waals surface area contributed by atoms with Crippen molar-refractivity contribution in [3.8, 4) is 0 Å². The smallest absolute Gasteiger partial charge is 0.324 e. The summed E-state index contributed by atoms with van der Waals surface area (Å²) in [6.07, 6.45) is 0. The number of benzene rings is 1. The van der Waals surface area contributed by atoms with E-state index < -0.39 is 0 Å². The van der Waals surface area contributed by atoms with Crippen molar-refractivity contribution >= 4 is 11.7 Å². The van der Waals surface area contributed by atoms with Crippen LogP contribution in [0.4, 0.5) is 10.5 Å². The van der Waals surface area contributed by atoms with Gasteiger partial charge in [-0.2, -0.15) is 0 Å². The molecule has 1 unspecified atom stereocenters. The summed E-state index contributed by atoms with van der Waals surface area (Å²) in [7, 11) is 1.82. The summed E-state index contributed by atoms with van der Waals surface area (Å²) in [4.78, 5) is 15.3. The molecule has 0 radical (unpaired) electrons. The summed E-state index contributed by atoms with van der Waals surface area (Å²) in [5, 5.41) is 0. The number of hydrogen-bond donors (Lipinski definition) is 1. The van der Waals surface area contributed by atoms with Gasteiger partial charge in [0.1, 0.15) is 0 Å². The highest BCUT2D eigenvalue weighted by molar-refractivity contribution is 5.93. The van der Waals surface area contributed by atoms with Crippen LogP contribution in [0.1, 0.15) is 18.5 Å². The van der Waals surface area contributed by atoms with Crippen molar-refractivity contribution in [1.29, 1.82) is 0 Å². The second kappa shape index (κ2) is 4.14. The molecule has 1 fully saturated rings. The van der Waals surface area contributed by atoms with E-state index in [1.165, 1.54) is 0 Å². The first kappa shape index (κ1) is 11.0. The lowest BCUT2D eigenvalue weighted by molar-refractivity contribution is 0.229. The topological polar surface area (TPSA) is 49.6 Å². The molecule has 2 amide bonds. The van der Waals surface area contributed by atoms with Gasteiger partial charge in [0.2, 0.25) is 0 Å². The lowest BCUT2D eigenvalue weighted by Gasteiger charge is -2.17. The van der Waals surface area contributed by atoms with Gasteiger partial charge in [0.15, 0.2) is 0 Å². The fourth-order valence-electron chi connectivity index (χ4n) is 1.86. The Balaban J connectivity index is 2.27. The molecule has 0 spiro atoms. The van der Waals surface area contributed by atoms with Crippen LogP contribution in [0.15, 0.2) is 24.3 Å². The summed E-state index contributed by atoms with van der Waals surface area (Å²) >= 11 is 0. The number of urea groups is 1. The van der Waals surface area contributed by atoms with E-state index in [-0.39, 0.29) is 12.1 Å². The van der Waals surface area contributed by atoms with Crippen LogP contribution < -0.4 is 10.6 Å². The number of nitrogens with zero attached hydrogens (tertiary/aromatic N) is 2. The molecule has 1 aromatic rings. The Kier molecular flexibility index (Phi) is 2.83. The zero-order valence-electron chi connectivity index (χ0n) is 9.68. The molecule has 1 aliphatic rings. The number of likely N-dealkylation sites (N-methyl/N-ethyl adjacent to an activating group) is 1. The molecule has 1 heterocycles. The standard InChI is InChI=1S/C12H17N3O/c1-9(13)10-4-3-5-11(8-10)15-7-6-14(2)12(15)16/h3-5,8-9H,6-7,13H2,1-2H3. The average Bonchev–Trinajstić information content (AvgIpc) is 2.60. The molecule has 4 heteroatoms. The molecule has 0 saturated carbocycles. The van der Waals surface area contributed by atoms with Crippen molar-refractivity contribution in [1.82, 2.24) is 4.90 Å². The minimum atomic E-state index is -0.00427. The fraction of sp³-hybridized carbons (Fsp3) is 0.417. The molecule has 86 valence electrons. The van der Waals surface area contributed by atoms with Gasteiger partial charge in [0.05, 0.1) is 0 Å². The maximum absolute atomic E-state index is 11.8. The van der Waals surface area contributed by atoms with Crippen molar-refractivity contribution in [3.63, 3.8) is 0 Å². The first-order valence-electron chi connectivity index (χ1n) is 5.48. The van der Waals surface area contributed by atoms with Gasteiger partial charge in [-0.3, -0.25) is 4.90 Å². The third-order valence-electron chi connectivity index (χ3n) is 2.92. The number of nitrogens with two attached hydrogens (primary N) is 1. The van der Waals surface area contributed by atoms with Crippen molar-refractivity contribution in [2.24, 2.45) is 5.73 Å². The summed E-state index contributed by atoms with van der Waals surface area (Å²) in [6, 6.07) is 7.92. The molecule has 0 aliphatic carbocycles. The molecular formula is C12H17N3O. The normalized spacial score (nSPS) is 18.1. The predicted molar refractivity (Wildman–Crippen MR) is 64.4 cm³/mol. The summed E-state index contributed by atoms with van der Waals surface area (Å²) in [6.45, 7) is 3.47. The molecule has 1 aliphatic heterocycles. The van der Waals surface area contributed by atoms with Crippen molar-refractivity contribution in [3.05, 3.63) is 29.8 Å². The second-order valence-electron chi connectivity index (χ2n) is 4.24. The molecule has 2 N–H and O–H groups in total. The molecule has 0 aromatic heterocycles. The highest BCUT2D eigenvalue weighted by Gasteiger charge is 2.26. The van der Waals surface area contributed by atoms with E-state index in [1.54, 1.807) is 9.80 Å². The number of anilines is 1. The van der Waals surface area contributed by atoms with E-state index in [4.69, 9.17) is 5.73 Å². The van der Waals surface area contributed by atoms with E-state index >= 15 is 0 Å². The van der Waals surface area contributed by atoms with Crippen LogP contribution in [0, 0.1) is 0 Å². The Bertz CT molecular complexity index is 403. The quantitative estimate of drug-likeness (QED) is 0.821. The zero-order chi connectivity index (χ0) is 11.7. The Morgan fingerprint density at radius 1 is 1.38 bits per heavy atom. The van der Waals surface area contributed by atoms with Crippen LogP contribution in [0.25, 0.3) is 0 Å². The second-order valence-corrected chi connectivity index (χ2v) is 4.24. The van der Waals surface area contributed by atoms with Gasteiger partial charge in [0, 0.05) is 31.9 Å². The Labute approximate surface area is 95.6 Å². The maximum Gasteiger partial charge on any atom is 0.324 e. The van der Waals surface area contributed by atoms with Gasteiger partial charge in [0.25, 0.3) is 0 Å². The number of hydrogen-bond acceptors (Lipinski definition) is 2. The maximum atomic E-state index is 11.8. The molecule has 0 bridgehead atoms. The first-order chi connectivity index (χ1) is 7.59. The first-order valence-corrected chi connectivity index (χ1v) is 5.48. The Morgan fingerprint density at radius 3 is 2.69 bits per heavy atom. The Hall–Kier alpha value is -1.55. The van der Waals surface area contributed by atoms with E-state index in [9.17, 15) is 4.79 Å². The summed E-state index contributed by atoms with van der Waals surface area (Å²) < 4.78 is 0. The SMILES string of the molecule is CC(N)c1cccc(N2CCN(C)C2=O)c1. The van der Waals surface area contributed by atoms with Crippen molar-refractivity contribution in [2.45, 2.75) is 13.0 Å². The number of carbonyl (C=O) groups excluding carboxylic acids is 1. The van der Waals surface area contributed by atoms with E-state index in [1.807, 2.05) is 38.2 Å². The van der Waals surface area contributed by atoms with Crippen molar-refractivity contribution in [2.75, 3.05) is 25.0 Å². The predicted octanol–water partition coefficient (Wildman–Crippen LogP) is 1.58. The third kappa shape index (κ3) is 1.88. The Morgan fingerprint density at radius 2 is 2.12 bits per heavy atom. The minimum Gasteiger partial charge on any atom is -0.326 e. The average molecular weight is 219 g/mol. The monoisotopic (exact) mass is 219 g/mol. The number of rotatable bonds is 2. The zero-order valence-corrected chi connectivity index (χ0v) is 9.68. The van der Waals surface area contributed by atoms with Crippen LogP contribution in [-0.4, -0.2) is 31.1 Å². The molecule has 1 saturated heterocycles. The van der Waals surface area contributed by atoms with Gasteiger partial charge in [-0.05, 0) is 24.6 Å². The molecular weight excluding hydrogens is 202 g/mol. The lowest BCUT2D eigenvalue weighted by atomic mass is 10.1. The van der Waals surface area contributed by atoms with E-state index in [2.05, 4.69) is 0 Å². The highest BCUT2D eigenvalue weighted by Crippen LogP contribution is 2.22. The number of carbonyl (C=O) groups is 1. The van der Waals surface area contributed by atoms with Crippen LogP contribution in [0.5, 0.6) is 0 Å². The largest absolute Gasteiger partial charge is 0.326 e. The van der Waals surface area contributed by atoms with Crippen LogP contribution >= 0.6 is 0 Å². The van der Waals surface area contributed by atoms with Crippen molar-refractivity contribution < 1.29 is 4.79 Å². The van der Waals surface area contributed by atoms with Crippen LogP contribution in [0.3, 0.4) is 0 Å². The van der Waals surface area contributed by atoms with Gasteiger partial charge in [-0.25, -0.2) is 4.79 Å². The lowest BCUT2D eigenvalue weighted by Crippen LogP contribution is -2.29. The molecule has 2 rings (SSSR count). The molecule has 1 atom stereocenters. The van der Waals surface area contributed by atoms with E-state index in [0.29, 0.717) is 0 Å². The van der Waals surface area contributed by atoms with Gasteiger partial charge in [-0.1, -0.05) is 12.1 Å². The summed E-state index contributed by atoms with van der Waals surface area (Å²) in [5.74, 6) is 0. The molecule has 16 heavy (non-hydrogen) atoms. The molecule has 4 nitrogen and oxygen atoms in total. The highest BCUT2D eigenvalue weighted by atomic mass is 16.2. The van der Waals surface area contributed by atoms with Gasteiger partial charge >= 0.3 is 6.03 Å². The third-order valence-corrected chi connectivity index (χ3v) is 2.92.